The van der Waals surface area contributed by atoms with Crippen molar-refractivity contribution >= 4 is 17.8 Å². The van der Waals surface area contributed by atoms with Gasteiger partial charge in [-0.2, -0.15) is 5.10 Å². The molecule has 0 bridgehead atoms. The molecular formula is C17H19N3O. The fourth-order valence-corrected chi connectivity index (χ4v) is 1.84. The van der Waals surface area contributed by atoms with Crippen LogP contribution < -0.4 is 10.7 Å². The van der Waals surface area contributed by atoms with Crippen molar-refractivity contribution in [3.05, 3.63) is 66.2 Å². The van der Waals surface area contributed by atoms with Crippen LogP contribution in [-0.2, 0) is 11.2 Å². The zero-order valence-electron chi connectivity index (χ0n) is 11.8. The highest BCUT2D eigenvalue weighted by Gasteiger charge is 1.98. The van der Waals surface area contributed by atoms with Crippen LogP contribution in [0.2, 0.25) is 0 Å². The van der Waals surface area contributed by atoms with Crippen LogP contribution in [0.5, 0.6) is 0 Å². The predicted molar refractivity (Wildman–Crippen MR) is 86.3 cm³/mol. The molecule has 2 rings (SSSR count). The predicted octanol–water partition coefficient (Wildman–Crippen LogP) is 2.83. The van der Waals surface area contributed by atoms with Gasteiger partial charge < -0.3 is 5.32 Å². The standard InChI is InChI=1S/C17H19N3O/c21-17(14-18-16-11-5-2-6-12-16)20-19-13-7-10-15-8-3-1-4-9-15/h1-6,8-9,11-13,18H,7,10,14H2,(H,20,21)/b19-13+. The van der Waals surface area contributed by atoms with Crippen LogP contribution in [0.1, 0.15) is 12.0 Å². The first kappa shape index (κ1) is 14.8. The van der Waals surface area contributed by atoms with E-state index >= 15 is 0 Å². The van der Waals surface area contributed by atoms with Gasteiger partial charge in [0.05, 0.1) is 6.54 Å². The molecule has 0 unspecified atom stereocenters. The fourth-order valence-electron chi connectivity index (χ4n) is 1.84. The minimum Gasteiger partial charge on any atom is -0.376 e. The molecular weight excluding hydrogens is 262 g/mol. The van der Waals surface area contributed by atoms with Gasteiger partial charge in [-0.3, -0.25) is 4.79 Å². The Labute approximate surface area is 124 Å². The number of amides is 1. The van der Waals surface area contributed by atoms with Crippen LogP contribution in [0.15, 0.2) is 65.8 Å². The number of aryl methyl sites for hydroxylation is 1. The number of hydrogen-bond acceptors (Lipinski definition) is 3. The van der Waals surface area contributed by atoms with Crippen LogP contribution in [0.25, 0.3) is 0 Å². The number of nitrogens with one attached hydrogen (secondary N) is 2. The topological polar surface area (TPSA) is 53.5 Å². The summed E-state index contributed by atoms with van der Waals surface area (Å²) < 4.78 is 0. The minimum atomic E-state index is -0.158. The van der Waals surface area contributed by atoms with E-state index in [1.54, 1.807) is 6.21 Å². The van der Waals surface area contributed by atoms with Gasteiger partial charge in [-0.05, 0) is 30.5 Å². The molecule has 0 radical (unpaired) electrons. The second kappa shape index (κ2) is 8.53. The van der Waals surface area contributed by atoms with E-state index in [9.17, 15) is 4.79 Å². The van der Waals surface area contributed by atoms with E-state index in [0.29, 0.717) is 0 Å². The Hall–Kier alpha value is -2.62. The van der Waals surface area contributed by atoms with Crippen molar-refractivity contribution < 1.29 is 4.79 Å². The normalized spacial score (nSPS) is 10.5. The molecule has 2 N–H and O–H groups in total. The third-order valence-electron chi connectivity index (χ3n) is 2.91. The Morgan fingerprint density at radius 2 is 1.67 bits per heavy atom. The smallest absolute Gasteiger partial charge is 0.259 e. The number of para-hydroxylation sites is 1. The van der Waals surface area contributed by atoms with E-state index in [4.69, 9.17) is 0 Å². The van der Waals surface area contributed by atoms with Gasteiger partial charge in [-0.25, -0.2) is 5.43 Å². The van der Waals surface area contributed by atoms with Crippen molar-refractivity contribution in [1.82, 2.24) is 5.43 Å². The van der Waals surface area contributed by atoms with E-state index in [-0.39, 0.29) is 12.5 Å². The third-order valence-corrected chi connectivity index (χ3v) is 2.91. The number of anilines is 1. The molecule has 108 valence electrons. The lowest BCUT2D eigenvalue weighted by Gasteiger charge is -2.04. The second-order valence-electron chi connectivity index (χ2n) is 4.59. The number of carbonyl (C=O) groups is 1. The monoisotopic (exact) mass is 281 g/mol. The number of hydrazone groups is 1. The van der Waals surface area contributed by atoms with Gasteiger partial charge >= 0.3 is 0 Å². The zero-order chi connectivity index (χ0) is 14.8. The molecule has 0 saturated heterocycles. The summed E-state index contributed by atoms with van der Waals surface area (Å²) in [5.74, 6) is -0.158. The zero-order valence-corrected chi connectivity index (χ0v) is 11.8. The highest BCUT2D eigenvalue weighted by atomic mass is 16.2. The summed E-state index contributed by atoms with van der Waals surface area (Å²) >= 11 is 0. The Balaban J connectivity index is 1.61. The van der Waals surface area contributed by atoms with Gasteiger partial charge in [0.25, 0.3) is 5.91 Å². The van der Waals surface area contributed by atoms with Crippen molar-refractivity contribution in [1.29, 1.82) is 0 Å². The molecule has 1 amide bonds. The molecule has 0 aliphatic carbocycles. The molecule has 0 aliphatic heterocycles. The molecule has 2 aromatic carbocycles. The molecule has 2 aromatic rings. The Morgan fingerprint density at radius 1 is 1.00 bits per heavy atom. The largest absolute Gasteiger partial charge is 0.376 e. The number of rotatable bonds is 7. The van der Waals surface area contributed by atoms with E-state index in [1.165, 1.54) is 5.56 Å². The SMILES string of the molecule is O=C(CNc1ccccc1)N/N=C/CCc1ccccc1. The maximum absolute atomic E-state index is 11.6. The van der Waals surface area contributed by atoms with Gasteiger partial charge in [0.2, 0.25) is 0 Å². The molecule has 4 nitrogen and oxygen atoms in total. The number of carbonyl (C=O) groups excluding carboxylic acids is 1. The third kappa shape index (κ3) is 5.91. The number of nitrogens with zero attached hydrogens (tertiary/aromatic N) is 1. The molecule has 4 heteroatoms. The maximum Gasteiger partial charge on any atom is 0.259 e. The summed E-state index contributed by atoms with van der Waals surface area (Å²) in [5.41, 5.74) is 4.69. The number of hydrogen-bond donors (Lipinski definition) is 2. The van der Waals surface area contributed by atoms with Crippen molar-refractivity contribution in [3.8, 4) is 0 Å². The van der Waals surface area contributed by atoms with Crippen molar-refractivity contribution in [3.63, 3.8) is 0 Å². The first-order chi connectivity index (χ1) is 10.3. The number of benzene rings is 2. The average Bonchev–Trinajstić information content (AvgIpc) is 2.54. The van der Waals surface area contributed by atoms with Crippen LogP contribution in [0.3, 0.4) is 0 Å². The molecule has 0 heterocycles. The lowest BCUT2D eigenvalue weighted by Crippen LogP contribution is -2.25. The summed E-state index contributed by atoms with van der Waals surface area (Å²) in [6.45, 7) is 0.208. The van der Waals surface area contributed by atoms with Crippen LogP contribution in [0, 0.1) is 0 Å². The van der Waals surface area contributed by atoms with Crippen LogP contribution in [0.4, 0.5) is 5.69 Å². The van der Waals surface area contributed by atoms with Crippen molar-refractivity contribution in [2.45, 2.75) is 12.8 Å². The molecule has 0 saturated carbocycles. The highest BCUT2D eigenvalue weighted by Crippen LogP contribution is 2.03. The van der Waals surface area contributed by atoms with Gasteiger partial charge in [0.15, 0.2) is 0 Å². The molecule has 0 aromatic heterocycles. The lowest BCUT2D eigenvalue weighted by atomic mass is 10.1. The Bertz CT molecular complexity index is 567. The summed E-state index contributed by atoms with van der Waals surface area (Å²) in [7, 11) is 0. The molecule has 0 spiro atoms. The van der Waals surface area contributed by atoms with Gasteiger partial charge in [0, 0.05) is 11.9 Å². The lowest BCUT2D eigenvalue weighted by molar-refractivity contribution is -0.119. The van der Waals surface area contributed by atoms with Crippen molar-refractivity contribution in [2.75, 3.05) is 11.9 Å². The summed E-state index contributed by atoms with van der Waals surface area (Å²) in [6.07, 6.45) is 3.45. The summed E-state index contributed by atoms with van der Waals surface area (Å²) in [4.78, 5) is 11.6. The molecule has 0 atom stereocenters. The Kier molecular flexibility index (Phi) is 6.00. The maximum atomic E-state index is 11.6. The highest BCUT2D eigenvalue weighted by molar-refractivity contribution is 5.81. The molecule has 0 aliphatic rings. The van der Waals surface area contributed by atoms with Gasteiger partial charge in [-0.1, -0.05) is 48.5 Å². The molecule has 21 heavy (non-hydrogen) atoms. The van der Waals surface area contributed by atoms with E-state index < -0.39 is 0 Å². The van der Waals surface area contributed by atoms with Crippen LogP contribution in [-0.4, -0.2) is 18.7 Å². The minimum absolute atomic E-state index is 0.158. The van der Waals surface area contributed by atoms with Crippen molar-refractivity contribution in [2.24, 2.45) is 5.10 Å². The van der Waals surface area contributed by atoms with E-state index in [2.05, 4.69) is 28.0 Å². The van der Waals surface area contributed by atoms with Gasteiger partial charge in [-0.15, -0.1) is 0 Å². The summed E-state index contributed by atoms with van der Waals surface area (Å²) in [6, 6.07) is 19.8. The first-order valence-electron chi connectivity index (χ1n) is 6.98. The quantitative estimate of drug-likeness (QED) is 0.605. The molecule has 0 fully saturated rings. The summed E-state index contributed by atoms with van der Waals surface area (Å²) in [5, 5.41) is 6.96. The second-order valence-corrected chi connectivity index (χ2v) is 4.59. The van der Waals surface area contributed by atoms with E-state index in [1.807, 2.05) is 48.5 Å². The van der Waals surface area contributed by atoms with Crippen LogP contribution >= 0.6 is 0 Å². The fraction of sp³-hybridized carbons (Fsp3) is 0.176. The first-order valence-corrected chi connectivity index (χ1v) is 6.98. The van der Waals surface area contributed by atoms with Gasteiger partial charge in [0.1, 0.15) is 0 Å². The Morgan fingerprint density at radius 3 is 2.38 bits per heavy atom. The average molecular weight is 281 g/mol. The van der Waals surface area contributed by atoms with E-state index in [0.717, 1.165) is 18.5 Å².